The van der Waals surface area contributed by atoms with E-state index in [4.69, 9.17) is 9.57 Å². The van der Waals surface area contributed by atoms with E-state index in [9.17, 15) is 14.4 Å². The highest BCUT2D eigenvalue weighted by Gasteiger charge is 2.36. The highest BCUT2D eigenvalue weighted by Crippen LogP contribution is 2.22. The summed E-state index contributed by atoms with van der Waals surface area (Å²) in [7, 11) is 3.21. The lowest BCUT2D eigenvalue weighted by Crippen LogP contribution is -2.49. The van der Waals surface area contributed by atoms with E-state index in [2.05, 4.69) is 5.32 Å². The topological polar surface area (TPSA) is 88.2 Å². The first-order valence-corrected chi connectivity index (χ1v) is 8.20. The van der Waals surface area contributed by atoms with Crippen LogP contribution in [0.15, 0.2) is 0 Å². The number of rotatable bonds is 6. The SMILES string of the molecule is CCON(C)C(=O)[C@H](CC1CCN(C)C1=O)NC(=O)OC(C)(C)C. The largest absolute Gasteiger partial charge is 0.444 e. The number of nitrogens with zero attached hydrogens (tertiary/aromatic N) is 2. The molecule has 0 aromatic heterocycles. The standard InChI is InChI=1S/C16H29N3O5/c1-7-23-19(6)14(21)12(17-15(22)24-16(2,3)4)10-11-8-9-18(5)13(11)20/h11-12H,7-10H2,1-6H3,(H,17,22)/t11?,12-/m0/s1. The van der Waals surface area contributed by atoms with Gasteiger partial charge < -0.3 is 15.0 Å². The number of hydroxylamine groups is 2. The van der Waals surface area contributed by atoms with Crippen molar-refractivity contribution in [3.05, 3.63) is 0 Å². The number of nitrogens with one attached hydrogen (secondary N) is 1. The molecule has 0 aliphatic carbocycles. The van der Waals surface area contributed by atoms with Gasteiger partial charge in [0.1, 0.15) is 11.6 Å². The Morgan fingerprint density at radius 1 is 1.42 bits per heavy atom. The molecule has 24 heavy (non-hydrogen) atoms. The van der Waals surface area contributed by atoms with Gasteiger partial charge in [0.15, 0.2) is 0 Å². The van der Waals surface area contributed by atoms with Crippen LogP contribution in [0.1, 0.15) is 40.5 Å². The van der Waals surface area contributed by atoms with E-state index in [1.807, 2.05) is 0 Å². The van der Waals surface area contributed by atoms with Gasteiger partial charge in [-0.3, -0.25) is 14.4 Å². The van der Waals surface area contributed by atoms with Gasteiger partial charge in [0, 0.05) is 26.6 Å². The molecular formula is C16H29N3O5. The summed E-state index contributed by atoms with van der Waals surface area (Å²) in [6.45, 7) is 7.96. The molecule has 1 fully saturated rings. The molecule has 0 aromatic carbocycles. The summed E-state index contributed by atoms with van der Waals surface area (Å²) >= 11 is 0. The van der Waals surface area contributed by atoms with Crippen molar-refractivity contribution < 1.29 is 24.0 Å². The molecule has 1 unspecified atom stereocenters. The summed E-state index contributed by atoms with van der Waals surface area (Å²) in [5.41, 5.74) is -0.674. The van der Waals surface area contributed by atoms with Crippen LogP contribution in [0.3, 0.4) is 0 Å². The number of likely N-dealkylation sites (tertiary alicyclic amines) is 1. The second-order valence-corrected chi connectivity index (χ2v) is 6.93. The summed E-state index contributed by atoms with van der Waals surface area (Å²) in [5.74, 6) is -0.725. The third-order valence-electron chi connectivity index (χ3n) is 3.68. The lowest BCUT2D eigenvalue weighted by atomic mass is 9.98. The molecule has 8 heteroatoms. The molecule has 0 bridgehead atoms. The zero-order valence-electron chi connectivity index (χ0n) is 15.4. The summed E-state index contributed by atoms with van der Waals surface area (Å²) in [6, 6.07) is -0.878. The highest BCUT2D eigenvalue weighted by atomic mass is 16.7. The maximum Gasteiger partial charge on any atom is 0.408 e. The zero-order valence-corrected chi connectivity index (χ0v) is 15.4. The molecule has 1 aliphatic rings. The molecule has 1 saturated heterocycles. The summed E-state index contributed by atoms with van der Waals surface area (Å²) < 4.78 is 5.21. The average molecular weight is 343 g/mol. The number of likely N-dealkylation sites (N-methyl/N-ethyl adjacent to an activating group) is 1. The van der Waals surface area contributed by atoms with Crippen molar-refractivity contribution in [2.24, 2.45) is 5.92 Å². The van der Waals surface area contributed by atoms with Crippen LogP contribution < -0.4 is 5.32 Å². The normalized spacial score (nSPS) is 19.2. The van der Waals surface area contributed by atoms with E-state index in [0.29, 0.717) is 19.6 Å². The second kappa shape index (κ2) is 8.32. The molecular weight excluding hydrogens is 314 g/mol. The first-order valence-electron chi connectivity index (χ1n) is 8.20. The number of hydrogen-bond donors (Lipinski definition) is 1. The van der Waals surface area contributed by atoms with Crippen LogP contribution in [0.5, 0.6) is 0 Å². The van der Waals surface area contributed by atoms with Gasteiger partial charge in [0.2, 0.25) is 5.91 Å². The van der Waals surface area contributed by atoms with E-state index < -0.39 is 23.6 Å². The quantitative estimate of drug-likeness (QED) is 0.731. The van der Waals surface area contributed by atoms with Crippen molar-refractivity contribution in [3.8, 4) is 0 Å². The summed E-state index contributed by atoms with van der Waals surface area (Å²) in [6.07, 6.45) is 0.191. The van der Waals surface area contributed by atoms with Crippen LogP contribution in [0.2, 0.25) is 0 Å². The van der Waals surface area contributed by atoms with Crippen LogP contribution >= 0.6 is 0 Å². The molecule has 0 aromatic rings. The predicted octanol–water partition coefficient (Wildman–Crippen LogP) is 1.16. The number of carbonyl (C=O) groups excluding carboxylic acids is 3. The van der Waals surface area contributed by atoms with Crippen LogP contribution in [-0.2, 0) is 19.2 Å². The Labute approximate surface area is 143 Å². The van der Waals surface area contributed by atoms with Crippen molar-refractivity contribution >= 4 is 17.9 Å². The molecule has 0 spiro atoms. The molecule has 1 N–H and O–H groups in total. The van der Waals surface area contributed by atoms with Gasteiger partial charge in [-0.15, -0.1) is 0 Å². The van der Waals surface area contributed by atoms with E-state index in [-0.39, 0.29) is 18.2 Å². The van der Waals surface area contributed by atoms with E-state index in [1.54, 1.807) is 39.6 Å². The number of ether oxygens (including phenoxy) is 1. The molecule has 3 amide bonds. The lowest BCUT2D eigenvalue weighted by Gasteiger charge is -2.27. The zero-order chi connectivity index (χ0) is 18.5. The molecule has 1 rings (SSSR count). The molecule has 1 aliphatic heterocycles. The van der Waals surface area contributed by atoms with Crippen LogP contribution in [0.4, 0.5) is 4.79 Å². The maximum atomic E-state index is 12.5. The monoisotopic (exact) mass is 343 g/mol. The Hall–Kier alpha value is -1.83. The molecule has 8 nitrogen and oxygen atoms in total. The van der Waals surface area contributed by atoms with Crippen LogP contribution in [-0.4, -0.2) is 66.8 Å². The fourth-order valence-electron chi connectivity index (χ4n) is 2.55. The first kappa shape index (κ1) is 20.2. The smallest absolute Gasteiger partial charge is 0.408 e. The lowest BCUT2D eigenvalue weighted by molar-refractivity contribution is -0.179. The van der Waals surface area contributed by atoms with E-state index in [1.165, 1.54) is 7.05 Å². The molecule has 2 atom stereocenters. The van der Waals surface area contributed by atoms with Crippen molar-refractivity contribution in [2.45, 2.75) is 52.2 Å². The minimum absolute atomic E-state index is 0.0159. The number of carbonyl (C=O) groups is 3. The van der Waals surface area contributed by atoms with Crippen LogP contribution in [0.25, 0.3) is 0 Å². The highest BCUT2D eigenvalue weighted by molar-refractivity contribution is 5.87. The average Bonchev–Trinajstić information content (AvgIpc) is 2.76. The van der Waals surface area contributed by atoms with Crippen LogP contribution in [0, 0.1) is 5.92 Å². The fraction of sp³-hybridized carbons (Fsp3) is 0.812. The Balaban J connectivity index is 2.81. The number of alkyl carbamates (subject to hydrolysis) is 1. The van der Waals surface area contributed by atoms with Gasteiger partial charge >= 0.3 is 6.09 Å². The fourth-order valence-corrected chi connectivity index (χ4v) is 2.55. The van der Waals surface area contributed by atoms with Crippen molar-refractivity contribution in [3.63, 3.8) is 0 Å². The second-order valence-electron chi connectivity index (χ2n) is 6.93. The van der Waals surface area contributed by atoms with Gasteiger partial charge in [0.25, 0.3) is 5.91 Å². The Morgan fingerprint density at radius 2 is 2.04 bits per heavy atom. The van der Waals surface area contributed by atoms with Crippen molar-refractivity contribution in [1.82, 2.24) is 15.3 Å². The van der Waals surface area contributed by atoms with Crippen molar-refractivity contribution in [2.75, 3.05) is 27.2 Å². The minimum Gasteiger partial charge on any atom is -0.444 e. The molecule has 0 radical (unpaired) electrons. The Morgan fingerprint density at radius 3 is 2.50 bits per heavy atom. The first-order chi connectivity index (χ1) is 11.0. The van der Waals surface area contributed by atoms with Gasteiger partial charge in [0.05, 0.1) is 6.61 Å². The summed E-state index contributed by atoms with van der Waals surface area (Å²) in [4.78, 5) is 43.5. The van der Waals surface area contributed by atoms with E-state index in [0.717, 1.165) is 5.06 Å². The van der Waals surface area contributed by atoms with Gasteiger partial charge in [-0.05, 0) is 40.5 Å². The van der Waals surface area contributed by atoms with Crippen molar-refractivity contribution in [1.29, 1.82) is 0 Å². The Kier molecular flexibility index (Phi) is 7.01. The maximum absolute atomic E-state index is 12.5. The number of amides is 3. The number of hydrogen-bond acceptors (Lipinski definition) is 5. The van der Waals surface area contributed by atoms with Gasteiger partial charge in [-0.1, -0.05) is 0 Å². The van der Waals surface area contributed by atoms with E-state index >= 15 is 0 Å². The van der Waals surface area contributed by atoms with Gasteiger partial charge in [-0.25, -0.2) is 9.86 Å². The Bertz CT molecular complexity index is 475. The molecule has 138 valence electrons. The third kappa shape index (κ3) is 5.99. The van der Waals surface area contributed by atoms with Gasteiger partial charge in [-0.2, -0.15) is 0 Å². The predicted molar refractivity (Wildman–Crippen MR) is 87.9 cm³/mol. The third-order valence-corrected chi connectivity index (χ3v) is 3.68. The molecule has 1 heterocycles. The minimum atomic E-state index is -0.878. The molecule has 0 saturated carbocycles. The summed E-state index contributed by atoms with van der Waals surface area (Å²) in [5, 5.41) is 3.66.